The molecular weight excluding hydrogens is 404 g/mol. The molecule has 31 heavy (non-hydrogen) atoms. The fourth-order valence-corrected chi connectivity index (χ4v) is 2.77. The van der Waals surface area contributed by atoms with Gasteiger partial charge < -0.3 is 16.4 Å². The summed E-state index contributed by atoms with van der Waals surface area (Å²) in [6.45, 7) is 3.21. The maximum Gasteiger partial charge on any atom is 0.234 e. The van der Waals surface area contributed by atoms with Crippen LogP contribution in [0.15, 0.2) is 48.5 Å². The molecule has 0 radical (unpaired) electrons. The van der Waals surface area contributed by atoms with Crippen molar-refractivity contribution in [2.24, 2.45) is 0 Å². The number of aromatic nitrogens is 3. The van der Waals surface area contributed by atoms with Crippen molar-refractivity contribution in [1.29, 1.82) is 0 Å². The van der Waals surface area contributed by atoms with E-state index in [1.54, 1.807) is 24.3 Å². The zero-order valence-electron chi connectivity index (χ0n) is 17.0. The van der Waals surface area contributed by atoms with Gasteiger partial charge in [-0.15, -0.1) is 0 Å². The van der Waals surface area contributed by atoms with Crippen molar-refractivity contribution >= 4 is 23.5 Å². The molecule has 1 amide bonds. The standard InChI is InChI=1S/C21H23F2N7O/c1-2-30(13-19(31)25-11-14-3-5-15(22)6-4-14)12-18-27-20(24)29-21(28-18)26-17-9-7-16(23)8-10-17/h3-10H,2,11-13H2,1H3,(H,25,31)(H3,24,26,27,28,29). The monoisotopic (exact) mass is 427 g/mol. The summed E-state index contributed by atoms with van der Waals surface area (Å²) < 4.78 is 26.0. The molecule has 0 aliphatic carbocycles. The second-order valence-electron chi connectivity index (χ2n) is 6.77. The molecule has 0 spiro atoms. The third-order valence-corrected chi connectivity index (χ3v) is 4.38. The van der Waals surface area contributed by atoms with Crippen LogP contribution in [0.4, 0.5) is 26.4 Å². The Kier molecular flexibility index (Phi) is 7.39. The van der Waals surface area contributed by atoms with Crippen molar-refractivity contribution in [2.45, 2.75) is 20.0 Å². The van der Waals surface area contributed by atoms with E-state index in [1.165, 1.54) is 24.3 Å². The minimum absolute atomic E-state index is 0.0337. The molecule has 1 heterocycles. The highest BCUT2D eigenvalue weighted by Gasteiger charge is 2.13. The van der Waals surface area contributed by atoms with E-state index in [1.807, 2.05) is 11.8 Å². The molecule has 0 aliphatic rings. The largest absolute Gasteiger partial charge is 0.368 e. The number of nitrogen functional groups attached to an aromatic ring is 1. The van der Waals surface area contributed by atoms with E-state index in [2.05, 4.69) is 25.6 Å². The van der Waals surface area contributed by atoms with Crippen molar-refractivity contribution in [3.63, 3.8) is 0 Å². The number of benzene rings is 2. The van der Waals surface area contributed by atoms with Gasteiger partial charge in [-0.25, -0.2) is 8.78 Å². The second-order valence-corrected chi connectivity index (χ2v) is 6.77. The number of nitrogens with one attached hydrogen (secondary N) is 2. The molecule has 1 aromatic heterocycles. The highest BCUT2D eigenvalue weighted by Crippen LogP contribution is 2.14. The number of nitrogens with two attached hydrogens (primary N) is 1. The Morgan fingerprint density at radius 3 is 2.29 bits per heavy atom. The molecular formula is C21H23F2N7O. The smallest absolute Gasteiger partial charge is 0.234 e. The predicted molar refractivity (Wildman–Crippen MR) is 113 cm³/mol. The molecule has 0 saturated carbocycles. The van der Waals surface area contributed by atoms with E-state index in [4.69, 9.17) is 5.73 Å². The molecule has 162 valence electrons. The maximum absolute atomic E-state index is 13.1. The maximum atomic E-state index is 13.1. The summed E-state index contributed by atoms with van der Waals surface area (Å²) in [4.78, 5) is 26.6. The van der Waals surface area contributed by atoms with Gasteiger partial charge in [0.05, 0.1) is 13.1 Å². The van der Waals surface area contributed by atoms with E-state index < -0.39 is 0 Å². The Hall–Kier alpha value is -3.66. The highest BCUT2D eigenvalue weighted by molar-refractivity contribution is 5.78. The van der Waals surface area contributed by atoms with Gasteiger partial charge in [0.1, 0.15) is 17.5 Å². The summed E-state index contributed by atoms with van der Waals surface area (Å²) in [5, 5.41) is 5.76. The fourth-order valence-electron chi connectivity index (χ4n) is 2.77. The molecule has 10 heteroatoms. The summed E-state index contributed by atoms with van der Waals surface area (Å²) >= 11 is 0. The normalized spacial score (nSPS) is 10.8. The van der Waals surface area contributed by atoms with Gasteiger partial charge >= 0.3 is 0 Å². The number of rotatable bonds is 9. The van der Waals surface area contributed by atoms with Gasteiger partial charge in [-0.1, -0.05) is 19.1 Å². The van der Waals surface area contributed by atoms with E-state index >= 15 is 0 Å². The van der Waals surface area contributed by atoms with Gasteiger partial charge in [0.15, 0.2) is 0 Å². The first-order chi connectivity index (χ1) is 14.9. The summed E-state index contributed by atoms with van der Waals surface area (Å²) in [6, 6.07) is 11.7. The van der Waals surface area contributed by atoms with Crippen molar-refractivity contribution < 1.29 is 13.6 Å². The van der Waals surface area contributed by atoms with Gasteiger partial charge in [0, 0.05) is 12.2 Å². The van der Waals surface area contributed by atoms with Gasteiger partial charge in [0.25, 0.3) is 0 Å². The Bertz CT molecular complexity index is 1010. The molecule has 3 rings (SSSR count). The first-order valence-electron chi connectivity index (χ1n) is 9.68. The van der Waals surface area contributed by atoms with Crippen LogP contribution < -0.4 is 16.4 Å². The van der Waals surface area contributed by atoms with Crippen LogP contribution in [0, 0.1) is 11.6 Å². The number of amides is 1. The van der Waals surface area contributed by atoms with Crippen LogP contribution >= 0.6 is 0 Å². The van der Waals surface area contributed by atoms with Crippen molar-refractivity contribution in [3.05, 3.63) is 71.6 Å². The number of halogens is 2. The SMILES string of the molecule is CCN(CC(=O)NCc1ccc(F)cc1)Cc1nc(N)nc(Nc2ccc(F)cc2)n1. The Balaban J connectivity index is 1.58. The molecule has 0 fully saturated rings. The lowest BCUT2D eigenvalue weighted by Gasteiger charge is -2.19. The van der Waals surface area contributed by atoms with Crippen molar-refractivity contribution in [3.8, 4) is 0 Å². The van der Waals surface area contributed by atoms with Gasteiger partial charge in [0.2, 0.25) is 17.8 Å². The number of carbonyl (C=O) groups excluding carboxylic acids is 1. The lowest BCUT2D eigenvalue weighted by Crippen LogP contribution is -2.37. The predicted octanol–water partition coefficient (Wildman–Crippen LogP) is 2.61. The molecule has 4 N–H and O–H groups in total. The lowest BCUT2D eigenvalue weighted by atomic mass is 10.2. The zero-order chi connectivity index (χ0) is 22.2. The Morgan fingerprint density at radius 2 is 1.65 bits per heavy atom. The summed E-state index contributed by atoms with van der Waals surface area (Å²) in [7, 11) is 0. The van der Waals surface area contributed by atoms with Gasteiger partial charge in [-0.2, -0.15) is 15.0 Å². The topological polar surface area (TPSA) is 109 Å². The van der Waals surface area contributed by atoms with Gasteiger partial charge in [-0.3, -0.25) is 9.69 Å². The van der Waals surface area contributed by atoms with Crippen LogP contribution in [0.5, 0.6) is 0 Å². The number of hydrogen-bond donors (Lipinski definition) is 3. The number of carbonyl (C=O) groups is 1. The molecule has 0 bridgehead atoms. The van der Waals surface area contributed by atoms with Crippen molar-refractivity contribution in [1.82, 2.24) is 25.2 Å². The number of hydrogen-bond acceptors (Lipinski definition) is 7. The minimum atomic E-state index is -0.349. The molecule has 8 nitrogen and oxygen atoms in total. The third kappa shape index (κ3) is 6.96. The number of likely N-dealkylation sites (N-methyl/N-ethyl adjacent to an activating group) is 1. The van der Waals surface area contributed by atoms with E-state index in [0.717, 1.165) is 5.56 Å². The van der Waals surface area contributed by atoms with Crippen LogP contribution in [-0.4, -0.2) is 38.8 Å². The van der Waals surface area contributed by atoms with Crippen molar-refractivity contribution in [2.75, 3.05) is 24.1 Å². The zero-order valence-corrected chi connectivity index (χ0v) is 17.0. The molecule has 3 aromatic rings. The van der Waals surface area contributed by atoms with E-state index in [0.29, 0.717) is 24.6 Å². The van der Waals surface area contributed by atoms with E-state index in [-0.39, 0.29) is 42.5 Å². The minimum Gasteiger partial charge on any atom is -0.368 e. The van der Waals surface area contributed by atoms with Crippen LogP contribution in [0.1, 0.15) is 18.3 Å². The molecule has 0 saturated heterocycles. The lowest BCUT2D eigenvalue weighted by molar-refractivity contribution is -0.122. The van der Waals surface area contributed by atoms with Gasteiger partial charge in [-0.05, 0) is 48.5 Å². The average Bonchev–Trinajstić information content (AvgIpc) is 2.74. The van der Waals surface area contributed by atoms with Crippen LogP contribution in [0.25, 0.3) is 0 Å². The number of nitrogens with zero attached hydrogens (tertiary/aromatic N) is 4. The third-order valence-electron chi connectivity index (χ3n) is 4.38. The summed E-state index contributed by atoms with van der Waals surface area (Å²) in [5.41, 5.74) is 7.20. The first-order valence-corrected chi connectivity index (χ1v) is 9.68. The summed E-state index contributed by atoms with van der Waals surface area (Å²) in [6.07, 6.45) is 0. The average molecular weight is 427 g/mol. The molecule has 2 aromatic carbocycles. The number of anilines is 3. The quantitative estimate of drug-likeness (QED) is 0.482. The second kappa shape index (κ2) is 10.4. The molecule has 0 unspecified atom stereocenters. The summed E-state index contributed by atoms with van der Waals surface area (Å²) in [5.74, 6) is -0.199. The van der Waals surface area contributed by atoms with E-state index in [9.17, 15) is 13.6 Å². The highest BCUT2D eigenvalue weighted by atomic mass is 19.1. The Labute approximate surface area is 178 Å². The Morgan fingerprint density at radius 1 is 1.00 bits per heavy atom. The molecule has 0 atom stereocenters. The van der Waals surface area contributed by atoms with Crippen LogP contribution in [0.3, 0.4) is 0 Å². The van der Waals surface area contributed by atoms with Crippen LogP contribution in [-0.2, 0) is 17.9 Å². The first kappa shape index (κ1) is 22.0. The fraction of sp³-hybridized carbons (Fsp3) is 0.238. The van der Waals surface area contributed by atoms with Crippen LogP contribution in [0.2, 0.25) is 0 Å². The molecule has 0 aliphatic heterocycles.